The Balaban J connectivity index is 0. The fourth-order valence-corrected chi connectivity index (χ4v) is 0.716. The summed E-state index contributed by atoms with van der Waals surface area (Å²) in [4.78, 5) is 0.939. The number of benzene rings is 1. The van der Waals surface area contributed by atoms with Crippen LogP contribution in [0.3, 0.4) is 0 Å². The molecule has 9 heavy (non-hydrogen) atoms. The van der Waals surface area contributed by atoms with Crippen LogP contribution in [0.25, 0.3) is 0 Å². The minimum absolute atomic E-state index is 0. The van der Waals surface area contributed by atoms with Crippen molar-refractivity contribution < 1.29 is 20.3 Å². The molecule has 1 aromatic carbocycles. The maximum Gasteiger partial charge on any atom is 1.00 e. The summed E-state index contributed by atoms with van der Waals surface area (Å²) in [6, 6.07) is 7.32. The number of thiol groups is 1. The second kappa shape index (κ2) is 4.30. The molecule has 0 spiro atoms. The Labute approximate surface area is 78.7 Å². The van der Waals surface area contributed by atoms with Gasteiger partial charge in [-0.1, -0.05) is 11.6 Å². The van der Waals surface area contributed by atoms with Gasteiger partial charge in [0.2, 0.25) is 0 Å². The molecular weight excluding hydrogens is 147 g/mol. The Morgan fingerprint density at radius 1 is 1.22 bits per heavy atom. The predicted molar refractivity (Wildman–Crippen MR) is 39.8 cm³/mol. The normalized spacial score (nSPS) is 8.22. The van der Waals surface area contributed by atoms with Crippen LogP contribution in [0.4, 0.5) is 0 Å². The molecule has 0 aliphatic heterocycles. The summed E-state index contributed by atoms with van der Waals surface area (Å²) in [5.41, 5.74) is 0. The van der Waals surface area contributed by atoms with E-state index in [-0.39, 0.29) is 20.3 Å². The minimum atomic E-state index is 0. The second-order valence-electron chi connectivity index (χ2n) is 1.48. The maximum atomic E-state index is 5.58. The molecule has 0 bridgehead atoms. The van der Waals surface area contributed by atoms with Crippen LogP contribution in [0.15, 0.2) is 29.2 Å². The van der Waals surface area contributed by atoms with Gasteiger partial charge in [-0.25, -0.2) is 0 Å². The van der Waals surface area contributed by atoms with E-state index in [2.05, 4.69) is 12.6 Å². The van der Waals surface area contributed by atoms with Crippen molar-refractivity contribution in [2.75, 3.05) is 0 Å². The van der Waals surface area contributed by atoms with Crippen molar-refractivity contribution in [2.24, 2.45) is 0 Å². The Hall–Kier alpha value is 0.457. The van der Waals surface area contributed by atoms with Crippen LogP contribution in [0.5, 0.6) is 0 Å². The summed E-state index contributed by atoms with van der Waals surface area (Å²) in [5, 5.41) is 0.753. The molecule has 0 N–H and O–H groups in total. The van der Waals surface area contributed by atoms with Crippen molar-refractivity contribution >= 4 is 24.2 Å². The van der Waals surface area contributed by atoms with Crippen LogP contribution in [0.1, 0.15) is 1.43 Å². The zero-order valence-corrected chi connectivity index (χ0v) is 6.78. The number of halogens is 1. The summed E-state index contributed by atoms with van der Waals surface area (Å²) >= 11 is 9.65. The van der Waals surface area contributed by atoms with Gasteiger partial charge in [-0.3, -0.25) is 0 Å². The molecule has 44 valence electrons. The van der Waals surface area contributed by atoms with Crippen molar-refractivity contribution in [2.45, 2.75) is 4.90 Å². The molecule has 0 unspecified atom stereocenters. The zero-order valence-electron chi connectivity index (χ0n) is 6.13. The van der Waals surface area contributed by atoms with E-state index in [0.29, 0.717) is 0 Å². The van der Waals surface area contributed by atoms with Crippen LogP contribution in [0, 0.1) is 0 Å². The van der Waals surface area contributed by atoms with Gasteiger partial charge in [0.25, 0.3) is 0 Å². The molecule has 0 fully saturated rings. The molecule has 1 aromatic rings. The predicted octanol–water partition coefficient (Wildman–Crippen LogP) is -0.255. The SMILES string of the molecule is Sc1ccc(Cl)cc1.[H-].[Li+]. The molecule has 0 nitrogen and oxygen atoms in total. The van der Waals surface area contributed by atoms with E-state index in [4.69, 9.17) is 11.6 Å². The summed E-state index contributed by atoms with van der Waals surface area (Å²) in [6.45, 7) is 0. The molecule has 0 aromatic heterocycles. The van der Waals surface area contributed by atoms with Crippen LogP contribution >= 0.6 is 24.2 Å². The van der Waals surface area contributed by atoms with Gasteiger partial charge in [0, 0.05) is 9.92 Å². The number of hydrogen-bond donors (Lipinski definition) is 1. The first kappa shape index (κ1) is 9.46. The molecule has 3 heteroatoms. The number of hydrogen-bond acceptors (Lipinski definition) is 1. The van der Waals surface area contributed by atoms with E-state index in [0.717, 1.165) is 9.92 Å². The van der Waals surface area contributed by atoms with E-state index < -0.39 is 0 Å². The van der Waals surface area contributed by atoms with Crippen LogP contribution < -0.4 is 18.9 Å². The molecular formula is C6H6ClLiS. The van der Waals surface area contributed by atoms with E-state index in [1.165, 1.54) is 0 Å². The van der Waals surface area contributed by atoms with Gasteiger partial charge in [0.05, 0.1) is 0 Å². The molecule has 0 heterocycles. The van der Waals surface area contributed by atoms with Crippen LogP contribution in [0.2, 0.25) is 5.02 Å². The van der Waals surface area contributed by atoms with Crippen molar-refractivity contribution in [3.05, 3.63) is 29.3 Å². The summed E-state index contributed by atoms with van der Waals surface area (Å²) in [5.74, 6) is 0. The molecule has 0 aliphatic carbocycles. The average molecular weight is 153 g/mol. The Bertz CT molecular complexity index is 157. The van der Waals surface area contributed by atoms with Crippen molar-refractivity contribution in [3.8, 4) is 0 Å². The summed E-state index contributed by atoms with van der Waals surface area (Å²) in [7, 11) is 0. The largest absolute Gasteiger partial charge is 1.00 e. The molecule has 0 atom stereocenters. The standard InChI is InChI=1S/C6H5ClS.Li.H/c7-5-1-3-6(8)4-2-5;;/h1-4,8H;;/q;+1;-1. The monoisotopic (exact) mass is 152 g/mol. The fraction of sp³-hybridized carbons (Fsp3) is 0. The number of rotatable bonds is 0. The molecule has 0 amide bonds. The zero-order chi connectivity index (χ0) is 5.98. The average Bonchev–Trinajstić information content (AvgIpc) is 1.77. The van der Waals surface area contributed by atoms with Gasteiger partial charge in [-0.15, -0.1) is 12.6 Å². The fourth-order valence-electron chi connectivity index (χ4n) is 0.441. The van der Waals surface area contributed by atoms with Crippen molar-refractivity contribution in [1.82, 2.24) is 0 Å². The van der Waals surface area contributed by atoms with Crippen LogP contribution in [-0.4, -0.2) is 0 Å². The third-order valence-electron chi connectivity index (χ3n) is 0.827. The molecule has 0 saturated carbocycles. The Morgan fingerprint density at radius 2 is 1.67 bits per heavy atom. The van der Waals surface area contributed by atoms with Gasteiger partial charge in [0.15, 0.2) is 0 Å². The summed E-state index contributed by atoms with van der Waals surface area (Å²) < 4.78 is 0. The van der Waals surface area contributed by atoms with Gasteiger partial charge < -0.3 is 1.43 Å². The quantitative estimate of drug-likeness (QED) is 0.385. The third-order valence-corrected chi connectivity index (χ3v) is 1.38. The molecule has 0 aliphatic rings. The van der Waals surface area contributed by atoms with Crippen molar-refractivity contribution in [3.63, 3.8) is 0 Å². The van der Waals surface area contributed by atoms with Gasteiger partial charge in [-0.2, -0.15) is 0 Å². The first-order valence-electron chi connectivity index (χ1n) is 2.23. The van der Waals surface area contributed by atoms with E-state index in [9.17, 15) is 0 Å². The van der Waals surface area contributed by atoms with E-state index in [1.54, 1.807) is 0 Å². The molecule has 1 rings (SSSR count). The Morgan fingerprint density at radius 3 is 2.00 bits per heavy atom. The maximum absolute atomic E-state index is 5.58. The van der Waals surface area contributed by atoms with E-state index in [1.807, 2.05) is 24.3 Å². The molecule has 0 radical (unpaired) electrons. The third kappa shape index (κ3) is 3.22. The van der Waals surface area contributed by atoms with E-state index >= 15 is 0 Å². The van der Waals surface area contributed by atoms with Crippen molar-refractivity contribution in [1.29, 1.82) is 0 Å². The van der Waals surface area contributed by atoms with Crippen LogP contribution in [-0.2, 0) is 0 Å². The molecule has 0 saturated heterocycles. The van der Waals surface area contributed by atoms with Gasteiger partial charge in [-0.05, 0) is 24.3 Å². The smallest absolute Gasteiger partial charge is 1.00 e. The van der Waals surface area contributed by atoms with Gasteiger partial charge >= 0.3 is 18.9 Å². The summed E-state index contributed by atoms with van der Waals surface area (Å²) in [6.07, 6.45) is 0. The first-order valence-corrected chi connectivity index (χ1v) is 3.06. The first-order chi connectivity index (χ1) is 3.79. The second-order valence-corrected chi connectivity index (χ2v) is 2.43. The van der Waals surface area contributed by atoms with Gasteiger partial charge in [0.1, 0.15) is 0 Å². The topological polar surface area (TPSA) is 0 Å². The Kier molecular flexibility index (Phi) is 4.52. The minimum Gasteiger partial charge on any atom is -1.00 e.